The maximum absolute atomic E-state index is 5.32. The van der Waals surface area contributed by atoms with Crippen LogP contribution in [0.4, 0.5) is 0 Å². The molecule has 2 saturated carbocycles. The molecule has 5 atom stereocenters. The quantitative estimate of drug-likeness (QED) is 0.174. The van der Waals surface area contributed by atoms with Crippen molar-refractivity contribution in [1.29, 1.82) is 0 Å². The van der Waals surface area contributed by atoms with E-state index in [1.807, 2.05) is 13.8 Å². The molecule has 4 bridgehead atoms. The molecule has 59 heavy (non-hydrogen) atoms. The number of hydrogen-bond donors (Lipinski definition) is 0. The Hall–Kier alpha value is -4.82. The van der Waals surface area contributed by atoms with Crippen LogP contribution < -0.4 is 0 Å². The Bertz CT molecular complexity index is 2490. The van der Waals surface area contributed by atoms with E-state index >= 15 is 0 Å². The lowest BCUT2D eigenvalue weighted by molar-refractivity contribution is 0.484. The van der Waals surface area contributed by atoms with Crippen molar-refractivity contribution < 1.29 is 0 Å². The Morgan fingerprint density at radius 3 is 1.85 bits per heavy atom. The van der Waals surface area contributed by atoms with E-state index in [-0.39, 0.29) is 5.41 Å². The third-order valence-electron chi connectivity index (χ3n) is 14.9. The van der Waals surface area contributed by atoms with Gasteiger partial charge in [0.15, 0.2) is 0 Å². The van der Waals surface area contributed by atoms with Crippen LogP contribution in [0.5, 0.6) is 0 Å². The smallest absolute Gasteiger partial charge is 0.0711 e. The normalized spacial score (nSPS) is 24.1. The third-order valence-corrected chi connectivity index (χ3v) is 14.9. The highest BCUT2D eigenvalue weighted by Gasteiger charge is 2.53. The molecule has 6 aromatic rings. The molecule has 5 aliphatic rings. The van der Waals surface area contributed by atoms with Crippen molar-refractivity contribution in [3.8, 4) is 44.8 Å². The summed E-state index contributed by atoms with van der Waals surface area (Å²) < 4.78 is 0. The van der Waals surface area contributed by atoms with Crippen LogP contribution in [0, 0.1) is 0 Å². The van der Waals surface area contributed by atoms with E-state index in [4.69, 9.17) is 9.97 Å². The van der Waals surface area contributed by atoms with Gasteiger partial charge in [-0.15, -0.1) is 0 Å². The number of pyridine rings is 2. The van der Waals surface area contributed by atoms with E-state index < -0.39 is 0 Å². The summed E-state index contributed by atoms with van der Waals surface area (Å²) in [5.41, 5.74) is 21.5. The van der Waals surface area contributed by atoms with Gasteiger partial charge in [0.25, 0.3) is 0 Å². The van der Waals surface area contributed by atoms with Crippen molar-refractivity contribution in [2.45, 2.75) is 147 Å². The molecule has 0 amide bonds. The number of rotatable bonds is 5. The largest absolute Gasteiger partial charge is 0.253 e. The molecular formula is C57H64N2. The molecule has 5 unspecified atom stereocenters. The van der Waals surface area contributed by atoms with Crippen LogP contribution in [0.1, 0.15) is 164 Å². The molecule has 0 spiro atoms. The van der Waals surface area contributed by atoms with Crippen LogP contribution in [0.15, 0.2) is 115 Å². The SMILES string of the molecule is CC.CC12CCC(C)(C1)c1cc(-c3cc(-c4ccccc4)c4c(n3)C3CCC4C3)ccc12.CCC1CCc2nc(-c3cccc(C(C)(C)C)c3)cc(-c3ccccc3)c21. The highest BCUT2D eigenvalue weighted by Crippen LogP contribution is 2.61. The van der Waals surface area contributed by atoms with E-state index in [1.165, 1.54) is 113 Å². The summed E-state index contributed by atoms with van der Waals surface area (Å²) in [6.07, 6.45) is 11.5. The summed E-state index contributed by atoms with van der Waals surface area (Å²) >= 11 is 0. The highest BCUT2D eigenvalue weighted by atomic mass is 14.8. The standard InChI is InChI=1S/C29H29N.C26H29N.C2H6/c1-28-12-13-29(2,17-28)24-15-19(10-11-23(24)28)25-16-22(18-6-4-3-5-7-18)26-20-8-9-21(14-20)27(26)30-25;1-5-18-14-15-23-25(18)22(19-10-7-6-8-11-19)17-24(27-23)20-12-9-13-21(16-20)26(2,3)4;1-2/h3-7,10-11,15-16,20-21H,8-9,12-14,17H2,1-2H3;6-13,16-18H,5,14-15H2,1-4H3;1-2H3. The van der Waals surface area contributed by atoms with Crippen molar-refractivity contribution in [3.05, 3.63) is 154 Å². The lowest BCUT2D eigenvalue weighted by Gasteiger charge is -2.27. The van der Waals surface area contributed by atoms with Gasteiger partial charge in [0.05, 0.1) is 11.4 Å². The molecule has 0 saturated heterocycles. The summed E-state index contributed by atoms with van der Waals surface area (Å²) in [5.74, 6) is 2.03. The minimum atomic E-state index is 0.141. The summed E-state index contributed by atoms with van der Waals surface area (Å²) in [7, 11) is 0. The molecule has 302 valence electrons. The van der Waals surface area contributed by atoms with Gasteiger partial charge in [0.1, 0.15) is 0 Å². The predicted octanol–water partition coefficient (Wildman–Crippen LogP) is 15.7. The van der Waals surface area contributed by atoms with E-state index in [0.717, 1.165) is 18.0 Å². The summed E-state index contributed by atoms with van der Waals surface area (Å²) in [5, 5.41) is 0. The second-order valence-electron chi connectivity index (χ2n) is 19.7. The third kappa shape index (κ3) is 6.99. The second-order valence-corrected chi connectivity index (χ2v) is 19.7. The van der Waals surface area contributed by atoms with Gasteiger partial charge in [-0.05, 0) is 160 Å². The molecule has 2 heteroatoms. The Labute approximate surface area is 355 Å². The van der Waals surface area contributed by atoms with Crippen molar-refractivity contribution >= 4 is 0 Å². The maximum atomic E-state index is 5.32. The van der Waals surface area contributed by atoms with Gasteiger partial charge in [0.2, 0.25) is 0 Å². The van der Waals surface area contributed by atoms with Crippen molar-refractivity contribution in [2.24, 2.45) is 0 Å². The van der Waals surface area contributed by atoms with Gasteiger partial charge < -0.3 is 0 Å². The number of benzene rings is 4. The summed E-state index contributed by atoms with van der Waals surface area (Å²) in [4.78, 5) is 10.5. The predicted molar refractivity (Wildman–Crippen MR) is 250 cm³/mol. The number of aryl methyl sites for hydroxylation is 1. The molecule has 4 aromatic carbocycles. The van der Waals surface area contributed by atoms with Gasteiger partial charge in [-0.2, -0.15) is 0 Å². The van der Waals surface area contributed by atoms with Gasteiger partial charge in [0, 0.05) is 28.4 Å². The molecule has 0 aliphatic heterocycles. The zero-order chi connectivity index (χ0) is 41.1. The lowest BCUT2D eigenvalue weighted by Crippen LogP contribution is -2.18. The van der Waals surface area contributed by atoms with Crippen molar-refractivity contribution in [3.63, 3.8) is 0 Å². The second kappa shape index (κ2) is 15.3. The van der Waals surface area contributed by atoms with E-state index in [0.29, 0.717) is 22.7 Å². The lowest BCUT2D eigenvalue weighted by atomic mass is 9.77. The average Bonchev–Trinajstić information content (AvgIpc) is 4.10. The van der Waals surface area contributed by atoms with Gasteiger partial charge in [-0.25, -0.2) is 0 Å². The minimum Gasteiger partial charge on any atom is -0.253 e. The Morgan fingerprint density at radius 2 is 1.19 bits per heavy atom. The fraction of sp³-hybridized carbons (Fsp3) is 0.404. The van der Waals surface area contributed by atoms with Crippen LogP contribution in [0.25, 0.3) is 44.8 Å². The van der Waals surface area contributed by atoms with Crippen LogP contribution >= 0.6 is 0 Å². The first-order chi connectivity index (χ1) is 28.5. The molecule has 2 fully saturated rings. The Balaban J connectivity index is 0.000000147. The van der Waals surface area contributed by atoms with Crippen LogP contribution in [0.2, 0.25) is 0 Å². The van der Waals surface area contributed by atoms with Gasteiger partial charge in [-0.1, -0.05) is 146 Å². The van der Waals surface area contributed by atoms with Crippen molar-refractivity contribution in [2.75, 3.05) is 0 Å². The zero-order valence-corrected chi connectivity index (χ0v) is 37.0. The first-order valence-corrected chi connectivity index (χ1v) is 23.0. The molecule has 2 heterocycles. The van der Waals surface area contributed by atoms with Gasteiger partial charge in [-0.3, -0.25) is 9.97 Å². The zero-order valence-electron chi connectivity index (χ0n) is 37.0. The highest BCUT2D eigenvalue weighted by molar-refractivity contribution is 5.78. The van der Waals surface area contributed by atoms with E-state index in [2.05, 4.69) is 157 Å². The molecule has 2 aromatic heterocycles. The van der Waals surface area contributed by atoms with Gasteiger partial charge >= 0.3 is 0 Å². The number of fused-ring (bicyclic) bond motifs is 11. The molecule has 11 rings (SSSR count). The van der Waals surface area contributed by atoms with Crippen LogP contribution in [-0.2, 0) is 22.7 Å². The summed E-state index contributed by atoms with van der Waals surface area (Å²) in [6.45, 7) is 18.1. The van der Waals surface area contributed by atoms with E-state index in [1.54, 1.807) is 16.7 Å². The minimum absolute atomic E-state index is 0.141. The first kappa shape index (κ1) is 39.6. The number of nitrogens with zero attached hydrogens (tertiary/aromatic N) is 2. The van der Waals surface area contributed by atoms with E-state index in [9.17, 15) is 0 Å². The Morgan fingerprint density at radius 1 is 0.593 bits per heavy atom. The van der Waals surface area contributed by atoms with Crippen LogP contribution in [-0.4, -0.2) is 9.97 Å². The number of aromatic nitrogens is 2. The molecule has 5 aliphatic carbocycles. The summed E-state index contributed by atoms with van der Waals surface area (Å²) in [6, 6.07) is 42.7. The van der Waals surface area contributed by atoms with Crippen molar-refractivity contribution in [1.82, 2.24) is 9.97 Å². The topological polar surface area (TPSA) is 25.8 Å². The average molecular weight is 777 g/mol. The first-order valence-electron chi connectivity index (χ1n) is 23.0. The fourth-order valence-corrected chi connectivity index (χ4v) is 11.9. The molecule has 0 radical (unpaired) electrons. The maximum Gasteiger partial charge on any atom is 0.0711 e. The Kier molecular flexibility index (Phi) is 10.3. The van der Waals surface area contributed by atoms with Crippen LogP contribution in [0.3, 0.4) is 0 Å². The molecule has 0 N–H and O–H groups in total. The molecular weight excluding hydrogens is 713 g/mol. The molecule has 2 nitrogen and oxygen atoms in total. The fourth-order valence-electron chi connectivity index (χ4n) is 11.9. The number of hydrogen-bond acceptors (Lipinski definition) is 2. The monoisotopic (exact) mass is 777 g/mol.